The first-order chi connectivity index (χ1) is 17.4. The topological polar surface area (TPSA) is 101 Å². The molecule has 2 N–H and O–H groups in total. The quantitative estimate of drug-likeness (QED) is 0.475. The van der Waals surface area contributed by atoms with Crippen LogP contribution in [0, 0.1) is 17.1 Å². The van der Waals surface area contributed by atoms with Crippen molar-refractivity contribution >= 4 is 22.5 Å². The number of nitrogens with two attached hydrogens (primary N) is 1. The van der Waals surface area contributed by atoms with Crippen LogP contribution in [0.5, 0.6) is 5.75 Å². The summed E-state index contributed by atoms with van der Waals surface area (Å²) in [6.07, 6.45) is 0. The van der Waals surface area contributed by atoms with E-state index < -0.39 is 22.7 Å². The van der Waals surface area contributed by atoms with Crippen molar-refractivity contribution in [3.05, 3.63) is 117 Å². The molecule has 8 heteroatoms. The first kappa shape index (κ1) is 21.6. The summed E-state index contributed by atoms with van der Waals surface area (Å²) in [5.41, 5.74) is 5.57. The lowest BCUT2D eigenvalue weighted by Gasteiger charge is -2.34. The minimum absolute atomic E-state index is 0.0166. The molecular formula is C28H19FN4O3. The van der Waals surface area contributed by atoms with Gasteiger partial charge < -0.3 is 19.9 Å². The van der Waals surface area contributed by atoms with Gasteiger partial charge in [-0.15, -0.1) is 0 Å². The van der Waals surface area contributed by atoms with Crippen molar-refractivity contribution in [2.45, 2.75) is 12.0 Å². The molecule has 0 radical (unpaired) electrons. The molecule has 0 fully saturated rings. The van der Waals surface area contributed by atoms with Gasteiger partial charge in [-0.05, 0) is 24.3 Å². The summed E-state index contributed by atoms with van der Waals surface area (Å²) in [5.74, 6) is -1.14. The molecule has 0 bridgehead atoms. The van der Waals surface area contributed by atoms with E-state index in [1.165, 1.54) is 15.5 Å². The largest absolute Gasteiger partial charge is 0.439 e. The van der Waals surface area contributed by atoms with Crippen LogP contribution in [0.3, 0.4) is 0 Å². The number of carbonyl (C=O) groups is 1. The molecule has 3 aromatic carbocycles. The van der Waals surface area contributed by atoms with E-state index in [4.69, 9.17) is 10.5 Å². The van der Waals surface area contributed by atoms with Gasteiger partial charge in [0.25, 0.3) is 5.56 Å². The van der Waals surface area contributed by atoms with Gasteiger partial charge >= 0.3 is 0 Å². The number of para-hydroxylation sites is 2. The number of hydrogen-bond donors (Lipinski definition) is 1. The molecule has 1 unspecified atom stereocenters. The smallest absolute Gasteiger partial charge is 0.259 e. The molecule has 36 heavy (non-hydrogen) atoms. The number of benzene rings is 3. The second-order valence-corrected chi connectivity index (χ2v) is 8.79. The van der Waals surface area contributed by atoms with Crippen molar-refractivity contribution in [2.75, 3.05) is 4.90 Å². The summed E-state index contributed by atoms with van der Waals surface area (Å²) in [6.45, 7) is -0.0903. The highest BCUT2D eigenvalue weighted by Gasteiger charge is 2.61. The van der Waals surface area contributed by atoms with Gasteiger partial charge in [0, 0.05) is 29.2 Å². The van der Waals surface area contributed by atoms with Gasteiger partial charge in [-0.1, -0.05) is 48.5 Å². The SMILES string of the molecule is Cn1c(=O)c2c(c3ccccc31)OC(N)=C(C#N)C21C(=O)N(Cc2ccccc2F)c2ccccc21. The average molecular weight is 478 g/mol. The molecule has 0 saturated heterocycles. The lowest BCUT2D eigenvalue weighted by atomic mass is 9.69. The Morgan fingerprint density at radius 1 is 1.03 bits per heavy atom. The second-order valence-electron chi connectivity index (χ2n) is 8.79. The fourth-order valence-electron chi connectivity index (χ4n) is 5.40. The highest BCUT2D eigenvalue weighted by atomic mass is 19.1. The number of ether oxygens (including phenoxy) is 1. The minimum atomic E-state index is -1.84. The molecular weight excluding hydrogens is 459 g/mol. The molecule has 1 aromatic heterocycles. The summed E-state index contributed by atoms with van der Waals surface area (Å²) in [7, 11) is 1.61. The Morgan fingerprint density at radius 2 is 1.72 bits per heavy atom. The van der Waals surface area contributed by atoms with Crippen LogP contribution < -0.4 is 20.9 Å². The van der Waals surface area contributed by atoms with E-state index in [9.17, 15) is 19.2 Å². The number of carbonyl (C=O) groups excluding carboxylic acids is 1. The van der Waals surface area contributed by atoms with Crippen molar-refractivity contribution in [2.24, 2.45) is 12.8 Å². The van der Waals surface area contributed by atoms with Crippen LogP contribution in [-0.2, 0) is 23.8 Å². The van der Waals surface area contributed by atoms with E-state index in [1.54, 1.807) is 73.8 Å². The Bertz CT molecular complexity index is 1750. The number of amides is 1. The second kappa shape index (κ2) is 7.55. The van der Waals surface area contributed by atoms with E-state index in [0.717, 1.165) is 0 Å². The Hall–Kier alpha value is -4.90. The minimum Gasteiger partial charge on any atom is -0.439 e. The van der Waals surface area contributed by atoms with Crippen LogP contribution in [0.1, 0.15) is 16.7 Å². The van der Waals surface area contributed by atoms with Gasteiger partial charge in [0.2, 0.25) is 11.8 Å². The van der Waals surface area contributed by atoms with Gasteiger partial charge in [0.1, 0.15) is 23.2 Å². The maximum Gasteiger partial charge on any atom is 0.259 e. The molecule has 0 aliphatic carbocycles. The van der Waals surface area contributed by atoms with E-state index >= 15 is 0 Å². The Labute approximate surface area is 205 Å². The number of nitriles is 1. The van der Waals surface area contributed by atoms with Gasteiger partial charge in [-0.2, -0.15) is 5.26 Å². The van der Waals surface area contributed by atoms with Crippen molar-refractivity contribution in [1.82, 2.24) is 4.57 Å². The lowest BCUT2D eigenvalue weighted by Crippen LogP contribution is -2.49. The summed E-state index contributed by atoms with van der Waals surface area (Å²) < 4.78 is 22.0. The number of aryl methyl sites for hydroxylation is 1. The maximum atomic E-state index is 14.6. The fourth-order valence-corrected chi connectivity index (χ4v) is 5.40. The Balaban J connectivity index is 1.73. The molecule has 0 saturated carbocycles. The number of nitrogens with zero attached hydrogens (tertiary/aromatic N) is 3. The third-order valence-corrected chi connectivity index (χ3v) is 7.03. The Morgan fingerprint density at radius 3 is 2.50 bits per heavy atom. The summed E-state index contributed by atoms with van der Waals surface area (Å²) in [6, 6.07) is 22.2. The number of rotatable bonds is 2. The molecule has 7 nitrogen and oxygen atoms in total. The standard InChI is InChI=1S/C28H19FN4O3/c1-32-21-12-6-3-9-17(21)24-23(26(32)34)28(19(14-30)25(31)36-24)18-10-4-7-13-22(18)33(27(28)35)15-16-8-2-5-11-20(16)29/h2-13H,15,31H2,1H3. The molecule has 1 spiro atoms. The van der Waals surface area contributed by atoms with E-state index in [2.05, 4.69) is 0 Å². The zero-order valence-corrected chi connectivity index (χ0v) is 19.2. The average Bonchev–Trinajstić information content (AvgIpc) is 3.12. The number of aromatic nitrogens is 1. The zero-order chi connectivity index (χ0) is 25.2. The fraction of sp³-hybridized carbons (Fsp3) is 0.107. The number of anilines is 1. The number of hydrogen-bond acceptors (Lipinski definition) is 5. The van der Waals surface area contributed by atoms with Crippen LogP contribution in [-0.4, -0.2) is 10.5 Å². The van der Waals surface area contributed by atoms with Crippen LogP contribution in [0.2, 0.25) is 0 Å². The van der Waals surface area contributed by atoms with Gasteiger partial charge in [-0.3, -0.25) is 9.59 Å². The first-order valence-corrected chi connectivity index (χ1v) is 11.3. The third-order valence-electron chi connectivity index (χ3n) is 7.03. The molecule has 1 amide bonds. The highest BCUT2D eigenvalue weighted by Crippen LogP contribution is 2.55. The van der Waals surface area contributed by atoms with E-state index in [0.29, 0.717) is 27.7 Å². The number of pyridine rings is 1. The van der Waals surface area contributed by atoms with E-state index in [-0.39, 0.29) is 29.3 Å². The molecule has 2 aliphatic heterocycles. The monoisotopic (exact) mass is 478 g/mol. The maximum absolute atomic E-state index is 14.6. The van der Waals surface area contributed by atoms with Crippen molar-refractivity contribution < 1.29 is 13.9 Å². The molecule has 176 valence electrons. The number of halogens is 1. The normalized spacial score (nSPS) is 18.2. The molecule has 2 aliphatic rings. The van der Waals surface area contributed by atoms with E-state index in [1.807, 2.05) is 6.07 Å². The summed E-state index contributed by atoms with van der Waals surface area (Å²) >= 11 is 0. The molecule has 4 aromatic rings. The molecule has 1 atom stereocenters. The predicted octanol–water partition coefficient (Wildman–Crippen LogP) is 3.60. The number of fused-ring (bicyclic) bond motifs is 6. The van der Waals surface area contributed by atoms with Crippen molar-refractivity contribution in [1.29, 1.82) is 5.26 Å². The highest BCUT2D eigenvalue weighted by molar-refractivity contribution is 6.14. The molecule has 3 heterocycles. The van der Waals surface area contributed by atoms with Gasteiger partial charge in [0.05, 0.1) is 17.6 Å². The molecule has 6 rings (SSSR count). The van der Waals surface area contributed by atoms with Crippen molar-refractivity contribution in [3.63, 3.8) is 0 Å². The first-order valence-electron chi connectivity index (χ1n) is 11.3. The lowest BCUT2D eigenvalue weighted by molar-refractivity contribution is -0.121. The summed E-state index contributed by atoms with van der Waals surface area (Å²) in [4.78, 5) is 29.8. The van der Waals surface area contributed by atoms with Crippen molar-refractivity contribution in [3.8, 4) is 11.8 Å². The Kier molecular flexibility index (Phi) is 4.53. The third kappa shape index (κ3) is 2.59. The van der Waals surface area contributed by atoms with Gasteiger partial charge in [0.15, 0.2) is 5.41 Å². The zero-order valence-electron chi connectivity index (χ0n) is 19.2. The van der Waals surface area contributed by atoms with Crippen LogP contribution in [0.25, 0.3) is 10.9 Å². The van der Waals surface area contributed by atoms with Crippen LogP contribution in [0.4, 0.5) is 10.1 Å². The predicted molar refractivity (Wildman–Crippen MR) is 131 cm³/mol. The van der Waals surface area contributed by atoms with Crippen LogP contribution >= 0.6 is 0 Å². The summed E-state index contributed by atoms with van der Waals surface area (Å²) in [5, 5.41) is 10.8. The van der Waals surface area contributed by atoms with Crippen LogP contribution in [0.15, 0.2) is 89.0 Å². The van der Waals surface area contributed by atoms with Gasteiger partial charge in [-0.25, -0.2) is 4.39 Å².